The fourth-order valence-corrected chi connectivity index (χ4v) is 2.19. The molecule has 98 valence electrons. The van der Waals surface area contributed by atoms with Crippen molar-refractivity contribution >= 4 is 5.97 Å². The first-order valence-electron chi connectivity index (χ1n) is 6.05. The largest absolute Gasteiger partial charge is 0.474 e. The summed E-state index contributed by atoms with van der Waals surface area (Å²) in [5, 5.41) is 0. The minimum atomic E-state index is -0.378. The molecule has 1 aromatic heterocycles. The first-order valence-corrected chi connectivity index (χ1v) is 6.05. The van der Waals surface area contributed by atoms with Crippen molar-refractivity contribution in [3.8, 4) is 5.88 Å². The highest BCUT2D eigenvalue weighted by Crippen LogP contribution is 2.27. The second-order valence-electron chi connectivity index (χ2n) is 4.43. The Balaban J connectivity index is 1.83. The first kappa shape index (κ1) is 12.8. The zero-order chi connectivity index (χ0) is 13.0. The lowest BCUT2D eigenvalue weighted by molar-refractivity contribution is -0.147. The van der Waals surface area contributed by atoms with E-state index < -0.39 is 0 Å². The van der Waals surface area contributed by atoms with Gasteiger partial charge in [0.15, 0.2) is 0 Å². The van der Waals surface area contributed by atoms with E-state index in [-0.39, 0.29) is 23.8 Å². The van der Waals surface area contributed by atoms with Crippen molar-refractivity contribution in [2.45, 2.75) is 31.8 Å². The Morgan fingerprint density at radius 1 is 1.33 bits per heavy atom. The van der Waals surface area contributed by atoms with Crippen LogP contribution in [0.25, 0.3) is 0 Å². The molecular weight excluding hydrogens is 237 g/mol. The van der Waals surface area contributed by atoms with Crippen LogP contribution in [-0.2, 0) is 9.53 Å². The molecule has 18 heavy (non-hydrogen) atoms. The Morgan fingerprint density at radius 3 is 2.61 bits per heavy atom. The lowest BCUT2D eigenvalue weighted by atomic mass is 9.87. The van der Waals surface area contributed by atoms with Gasteiger partial charge >= 0.3 is 5.97 Å². The van der Waals surface area contributed by atoms with E-state index in [1.807, 2.05) is 0 Å². The lowest BCUT2D eigenvalue weighted by Gasteiger charge is -2.26. The van der Waals surface area contributed by atoms with Gasteiger partial charge in [-0.25, -0.2) is 9.37 Å². The molecule has 1 aromatic rings. The van der Waals surface area contributed by atoms with E-state index >= 15 is 0 Å². The first-order chi connectivity index (χ1) is 8.69. The minimum Gasteiger partial charge on any atom is -0.474 e. The minimum absolute atomic E-state index is 0.0176. The quantitative estimate of drug-likeness (QED) is 0.776. The van der Waals surface area contributed by atoms with Crippen LogP contribution in [0.5, 0.6) is 5.88 Å². The zero-order valence-electron chi connectivity index (χ0n) is 10.3. The van der Waals surface area contributed by atoms with Crippen LogP contribution >= 0.6 is 0 Å². The van der Waals surface area contributed by atoms with E-state index in [2.05, 4.69) is 4.98 Å². The van der Waals surface area contributed by atoms with Crippen LogP contribution in [0.3, 0.4) is 0 Å². The molecule has 0 saturated heterocycles. The van der Waals surface area contributed by atoms with Crippen LogP contribution < -0.4 is 4.74 Å². The standard InChI is InChI=1S/C13H16FNO3/c1-17-13(16)9-2-5-11(6-3-9)18-12-7-4-10(14)8-15-12/h4,7-9,11H,2-3,5-6H2,1H3. The van der Waals surface area contributed by atoms with Gasteiger partial charge in [0.1, 0.15) is 11.9 Å². The van der Waals surface area contributed by atoms with Gasteiger partial charge in [0.05, 0.1) is 19.2 Å². The fourth-order valence-electron chi connectivity index (χ4n) is 2.19. The number of halogens is 1. The lowest BCUT2D eigenvalue weighted by Crippen LogP contribution is -2.28. The smallest absolute Gasteiger partial charge is 0.308 e. The average molecular weight is 253 g/mol. The molecule has 0 spiro atoms. The number of hydrogen-bond acceptors (Lipinski definition) is 4. The average Bonchev–Trinajstić information content (AvgIpc) is 2.41. The SMILES string of the molecule is COC(=O)C1CCC(Oc2ccc(F)cn2)CC1. The topological polar surface area (TPSA) is 48.4 Å². The van der Waals surface area contributed by atoms with E-state index in [0.717, 1.165) is 31.9 Å². The number of carbonyl (C=O) groups excluding carboxylic acids is 1. The van der Waals surface area contributed by atoms with Crippen molar-refractivity contribution in [3.05, 3.63) is 24.1 Å². The number of nitrogens with zero attached hydrogens (tertiary/aromatic N) is 1. The maximum absolute atomic E-state index is 12.7. The van der Waals surface area contributed by atoms with Gasteiger partial charge in [-0.3, -0.25) is 4.79 Å². The van der Waals surface area contributed by atoms with Crippen LogP contribution in [0.15, 0.2) is 18.3 Å². The van der Waals surface area contributed by atoms with Crippen molar-refractivity contribution in [3.63, 3.8) is 0 Å². The molecule has 1 heterocycles. The van der Waals surface area contributed by atoms with Gasteiger partial charge in [-0.1, -0.05) is 0 Å². The summed E-state index contributed by atoms with van der Waals surface area (Å²) < 4.78 is 23.0. The molecule has 2 rings (SSSR count). The number of esters is 1. The molecule has 0 N–H and O–H groups in total. The van der Waals surface area contributed by atoms with Gasteiger partial charge in [-0.05, 0) is 31.7 Å². The summed E-state index contributed by atoms with van der Waals surface area (Å²) >= 11 is 0. The number of rotatable bonds is 3. The van der Waals surface area contributed by atoms with Crippen molar-refractivity contribution < 1.29 is 18.7 Å². The summed E-state index contributed by atoms with van der Waals surface area (Å²) in [5.74, 6) is -0.112. The molecule has 1 aliphatic carbocycles. The monoisotopic (exact) mass is 253 g/mol. The predicted molar refractivity (Wildman–Crippen MR) is 62.6 cm³/mol. The third-order valence-electron chi connectivity index (χ3n) is 3.20. The molecular formula is C13H16FNO3. The molecule has 0 aliphatic heterocycles. The number of methoxy groups -OCH3 is 1. The molecule has 0 unspecified atom stereocenters. The Morgan fingerprint density at radius 2 is 2.06 bits per heavy atom. The van der Waals surface area contributed by atoms with Crippen LogP contribution in [0.4, 0.5) is 4.39 Å². The normalized spacial score (nSPS) is 23.4. The van der Waals surface area contributed by atoms with E-state index in [9.17, 15) is 9.18 Å². The highest BCUT2D eigenvalue weighted by Gasteiger charge is 2.27. The Labute approximate surface area is 105 Å². The van der Waals surface area contributed by atoms with E-state index in [0.29, 0.717) is 5.88 Å². The summed E-state index contributed by atoms with van der Waals surface area (Å²) in [6.45, 7) is 0. The Kier molecular flexibility index (Phi) is 4.12. The summed E-state index contributed by atoms with van der Waals surface area (Å²) in [4.78, 5) is 15.2. The fraction of sp³-hybridized carbons (Fsp3) is 0.538. The number of aromatic nitrogens is 1. The summed E-state index contributed by atoms with van der Waals surface area (Å²) in [6.07, 6.45) is 4.29. The summed E-state index contributed by atoms with van der Waals surface area (Å²) in [6, 6.07) is 2.84. The second kappa shape index (κ2) is 5.80. The number of carbonyl (C=O) groups is 1. The molecule has 5 heteroatoms. The summed E-state index contributed by atoms with van der Waals surface area (Å²) in [5.41, 5.74) is 0. The number of pyridine rings is 1. The third-order valence-corrected chi connectivity index (χ3v) is 3.20. The Bertz CT molecular complexity index is 399. The van der Waals surface area contributed by atoms with Crippen LogP contribution in [0, 0.1) is 11.7 Å². The second-order valence-corrected chi connectivity index (χ2v) is 4.43. The Hall–Kier alpha value is -1.65. The van der Waals surface area contributed by atoms with Crippen molar-refractivity contribution in [2.75, 3.05) is 7.11 Å². The van der Waals surface area contributed by atoms with Crippen LogP contribution in [0.1, 0.15) is 25.7 Å². The van der Waals surface area contributed by atoms with E-state index in [1.54, 1.807) is 0 Å². The molecule has 0 radical (unpaired) electrons. The summed E-state index contributed by atoms with van der Waals surface area (Å²) in [7, 11) is 1.41. The van der Waals surface area contributed by atoms with Gasteiger partial charge in [0.25, 0.3) is 0 Å². The predicted octanol–water partition coefficient (Wildman–Crippen LogP) is 2.33. The van der Waals surface area contributed by atoms with Crippen molar-refractivity contribution in [1.82, 2.24) is 4.98 Å². The molecule has 1 saturated carbocycles. The molecule has 1 fully saturated rings. The van der Waals surface area contributed by atoms with Crippen molar-refractivity contribution in [2.24, 2.45) is 5.92 Å². The highest BCUT2D eigenvalue weighted by molar-refractivity contribution is 5.72. The van der Waals surface area contributed by atoms with Gasteiger partial charge in [-0.15, -0.1) is 0 Å². The van der Waals surface area contributed by atoms with E-state index in [4.69, 9.17) is 9.47 Å². The van der Waals surface area contributed by atoms with E-state index in [1.165, 1.54) is 19.2 Å². The number of ether oxygens (including phenoxy) is 2. The molecule has 0 atom stereocenters. The van der Waals surface area contributed by atoms with Gasteiger partial charge in [-0.2, -0.15) is 0 Å². The molecule has 0 bridgehead atoms. The molecule has 1 aliphatic rings. The van der Waals surface area contributed by atoms with Crippen LogP contribution in [0.2, 0.25) is 0 Å². The maximum atomic E-state index is 12.7. The van der Waals surface area contributed by atoms with Crippen molar-refractivity contribution in [1.29, 1.82) is 0 Å². The molecule has 0 aromatic carbocycles. The number of hydrogen-bond donors (Lipinski definition) is 0. The van der Waals surface area contributed by atoms with Gasteiger partial charge in [0.2, 0.25) is 5.88 Å². The third kappa shape index (κ3) is 3.18. The highest BCUT2D eigenvalue weighted by atomic mass is 19.1. The van der Waals surface area contributed by atoms with Crippen LogP contribution in [-0.4, -0.2) is 24.2 Å². The zero-order valence-corrected chi connectivity index (χ0v) is 10.3. The van der Waals surface area contributed by atoms with Gasteiger partial charge in [0, 0.05) is 6.07 Å². The van der Waals surface area contributed by atoms with Gasteiger partial charge < -0.3 is 9.47 Å². The maximum Gasteiger partial charge on any atom is 0.308 e. The molecule has 0 amide bonds. The molecule has 4 nitrogen and oxygen atoms in total.